The van der Waals surface area contributed by atoms with Gasteiger partial charge in [0.05, 0.1) is 14.2 Å². The van der Waals surface area contributed by atoms with E-state index in [4.69, 9.17) is 0 Å². The lowest BCUT2D eigenvalue weighted by atomic mass is 9.77. The number of methoxy groups -OCH3 is 2. The Hall–Kier alpha value is -1.85. The van der Waals surface area contributed by atoms with Crippen LogP contribution in [0.2, 0.25) is 0 Å². The number of carbonyl (C=O) groups is 2. The summed E-state index contributed by atoms with van der Waals surface area (Å²) < 4.78 is 85.7. The highest BCUT2D eigenvalue weighted by molar-refractivity contribution is 7.87. The zero-order valence-corrected chi connectivity index (χ0v) is 12.7. The van der Waals surface area contributed by atoms with E-state index in [1.807, 2.05) is 0 Å². The molecule has 1 rings (SSSR count). The predicted molar refractivity (Wildman–Crippen MR) is 64.5 cm³/mol. The number of allylic oxidation sites excluding steroid dienone is 1. The minimum Gasteiger partial charge on any atom is -0.468 e. The third-order valence-corrected chi connectivity index (χ3v) is 4.12. The Morgan fingerprint density at radius 2 is 1.61 bits per heavy atom. The minimum atomic E-state index is -6.15. The molecular formula is C11H12F4O7S. The van der Waals surface area contributed by atoms with Crippen molar-refractivity contribution in [2.45, 2.75) is 24.8 Å². The van der Waals surface area contributed by atoms with E-state index in [0.717, 1.165) is 14.2 Å². The minimum absolute atomic E-state index is 0.208. The summed E-state index contributed by atoms with van der Waals surface area (Å²) in [5.74, 6) is -5.95. The van der Waals surface area contributed by atoms with Crippen LogP contribution in [-0.2, 0) is 33.4 Å². The van der Waals surface area contributed by atoms with Gasteiger partial charge in [-0.2, -0.15) is 21.6 Å². The molecule has 1 aliphatic rings. The number of hydrogen-bond donors (Lipinski definition) is 0. The van der Waals surface area contributed by atoms with Gasteiger partial charge in [-0.25, -0.2) is 4.39 Å². The molecule has 1 aliphatic carbocycles. The Morgan fingerprint density at radius 3 is 2.00 bits per heavy atom. The molecule has 0 heterocycles. The molecule has 0 unspecified atom stereocenters. The molecule has 23 heavy (non-hydrogen) atoms. The Balaban J connectivity index is 3.43. The van der Waals surface area contributed by atoms with Crippen molar-refractivity contribution in [1.82, 2.24) is 0 Å². The summed E-state index contributed by atoms with van der Waals surface area (Å²) in [6.45, 7) is 0. The molecule has 0 atom stereocenters. The van der Waals surface area contributed by atoms with Crippen LogP contribution in [0.4, 0.5) is 17.6 Å². The van der Waals surface area contributed by atoms with Gasteiger partial charge in [-0.1, -0.05) is 0 Å². The molecule has 0 saturated carbocycles. The van der Waals surface area contributed by atoms with Crippen molar-refractivity contribution in [2.75, 3.05) is 14.2 Å². The monoisotopic (exact) mass is 364 g/mol. The highest BCUT2D eigenvalue weighted by atomic mass is 32.2. The Morgan fingerprint density at radius 1 is 1.13 bits per heavy atom. The summed E-state index contributed by atoms with van der Waals surface area (Å²) in [4.78, 5) is 23.6. The Labute approximate surface area is 128 Å². The molecule has 0 radical (unpaired) electrons. The lowest BCUT2D eigenvalue weighted by Crippen LogP contribution is -2.44. The molecule has 7 nitrogen and oxygen atoms in total. The van der Waals surface area contributed by atoms with Gasteiger partial charge in [0.2, 0.25) is 5.41 Å². The van der Waals surface area contributed by atoms with Crippen LogP contribution in [0.25, 0.3) is 0 Å². The van der Waals surface area contributed by atoms with Crippen LogP contribution in [0, 0.1) is 5.41 Å². The zero-order valence-electron chi connectivity index (χ0n) is 11.9. The van der Waals surface area contributed by atoms with E-state index >= 15 is 0 Å². The standard InChI is InChI=1S/C11H12F4O7S/c1-20-8(16)10(9(17)21-2)5-3-4-6(7(10)12)22-23(18,19)11(13,14)15/h3-5H2,1-2H3. The molecule has 0 aromatic rings. The van der Waals surface area contributed by atoms with Crippen molar-refractivity contribution in [3.05, 3.63) is 11.6 Å². The number of hydrogen-bond acceptors (Lipinski definition) is 7. The fraction of sp³-hybridized carbons (Fsp3) is 0.636. The highest BCUT2D eigenvalue weighted by Gasteiger charge is 2.57. The SMILES string of the molecule is COC(=O)C1(C(=O)OC)CCCC(OS(=O)(=O)C(F)(F)F)=C1F. The zero-order chi connectivity index (χ0) is 18.1. The lowest BCUT2D eigenvalue weighted by Gasteiger charge is -2.31. The fourth-order valence-electron chi connectivity index (χ4n) is 2.04. The van der Waals surface area contributed by atoms with Gasteiger partial charge in [-0.3, -0.25) is 9.59 Å². The first-order valence-electron chi connectivity index (χ1n) is 6.00. The van der Waals surface area contributed by atoms with Gasteiger partial charge < -0.3 is 13.7 Å². The van der Waals surface area contributed by atoms with Crippen LogP contribution >= 0.6 is 0 Å². The van der Waals surface area contributed by atoms with E-state index in [2.05, 4.69) is 13.7 Å². The summed E-state index contributed by atoms with van der Waals surface area (Å²) in [5, 5.41) is 0. The molecule has 0 saturated heterocycles. The van der Waals surface area contributed by atoms with Crippen LogP contribution < -0.4 is 0 Å². The van der Waals surface area contributed by atoms with Crippen LogP contribution in [0.3, 0.4) is 0 Å². The van der Waals surface area contributed by atoms with Crippen LogP contribution in [0.15, 0.2) is 11.6 Å². The molecule has 0 aromatic heterocycles. The molecule has 0 N–H and O–H groups in total. The summed E-state index contributed by atoms with van der Waals surface area (Å²) in [5.41, 5.74) is -8.49. The number of alkyl halides is 3. The summed E-state index contributed by atoms with van der Waals surface area (Å²) in [6, 6.07) is 0. The maximum absolute atomic E-state index is 14.5. The molecule has 0 bridgehead atoms. The highest BCUT2D eigenvalue weighted by Crippen LogP contribution is 2.45. The predicted octanol–water partition coefficient (Wildman–Crippen LogP) is 1.55. The van der Waals surface area contributed by atoms with Crippen molar-refractivity contribution in [3.8, 4) is 0 Å². The Bertz CT molecular complexity index is 619. The van der Waals surface area contributed by atoms with E-state index in [9.17, 15) is 35.6 Å². The quantitative estimate of drug-likeness (QED) is 0.245. The first-order chi connectivity index (χ1) is 10.4. The molecule has 0 aromatic carbocycles. The summed E-state index contributed by atoms with van der Waals surface area (Å²) in [7, 11) is -4.50. The van der Waals surface area contributed by atoms with E-state index in [0.29, 0.717) is 0 Å². The van der Waals surface area contributed by atoms with Crippen molar-refractivity contribution in [3.63, 3.8) is 0 Å². The lowest BCUT2D eigenvalue weighted by molar-refractivity contribution is -0.168. The summed E-state index contributed by atoms with van der Waals surface area (Å²) >= 11 is 0. The number of halogens is 4. The molecule has 0 amide bonds. The van der Waals surface area contributed by atoms with Crippen molar-refractivity contribution >= 4 is 22.1 Å². The molecule has 0 fully saturated rings. The van der Waals surface area contributed by atoms with Gasteiger partial charge >= 0.3 is 27.6 Å². The number of rotatable bonds is 4. The third kappa shape index (κ3) is 3.26. The van der Waals surface area contributed by atoms with E-state index in [-0.39, 0.29) is 6.42 Å². The van der Waals surface area contributed by atoms with E-state index in [1.165, 1.54) is 0 Å². The van der Waals surface area contributed by atoms with Gasteiger partial charge in [-0.15, -0.1) is 0 Å². The second kappa shape index (κ2) is 6.34. The van der Waals surface area contributed by atoms with Gasteiger partial charge in [0.25, 0.3) is 0 Å². The second-order valence-electron chi connectivity index (χ2n) is 4.46. The van der Waals surface area contributed by atoms with Crippen LogP contribution in [0.1, 0.15) is 19.3 Å². The van der Waals surface area contributed by atoms with Gasteiger partial charge in [0, 0.05) is 6.42 Å². The normalized spacial score (nSPS) is 18.3. The first kappa shape index (κ1) is 19.2. The Kier molecular flexibility index (Phi) is 5.29. The van der Waals surface area contributed by atoms with Crippen molar-refractivity contribution in [1.29, 1.82) is 0 Å². The maximum atomic E-state index is 14.5. The van der Waals surface area contributed by atoms with Gasteiger partial charge in [0.15, 0.2) is 11.6 Å². The maximum Gasteiger partial charge on any atom is 0.534 e. The van der Waals surface area contributed by atoms with Crippen LogP contribution in [0.5, 0.6) is 0 Å². The number of carbonyl (C=O) groups excluding carboxylic acids is 2. The summed E-state index contributed by atoms with van der Waals surface area (Å²) in [6.07, 6.45) is -1.24. The average molecular weight is 364 g/mol. The fourth-order valence-corrected chi connectivity index (χ4v) is 2.56. The molecule has 132 valence electrons. The van der Waals surface area contributed by atoms with Gasteiger partial charge in [-0.05, 0) is 12.8 Å². The number of esters is 2. The first-order valence-corrected chi connectivity index (χ1v) is 7.41. The molecule has 12 heteroatoms. The average Bonchev–Trinajstić information content (AvgIpc) is 2.46. The van der Waals surface area contributed by atoms with Gasteiger partial charge in [0.1, 0.15) is 0 Å². The molecule has 0 spiro atoms. The largest absolute Gasteiger partial charge is 0.534 e. The second-order valence-corrected chi connectivity index (χ2v) is 6.00. The topological polar surface area (TPSA) is 96.0 Å². The third-order valence-electron chi connectivity index (χ3n) is 3.14. The molecular weight excluding hydrogens is 352 g/mol. The molecule has 0 aliphatic heterocycles. The number of ether oxygens (including phenoxy) is 2. The van der Waals surface area contributed by atoms with E-state index < -0.39 is 57.4 Å². The van der Waals surface area contributed by atoms with Crippen LogP contribution in [-0.4, -0.2) is 40.1 Å². The van der Waals surface area contributed by atoms with E-state index in [1.54, 1.807) is 0 Å². The van der Waals surface area contributed by atoms with Crippen molar-refractivity contribution < 1.29 is 49.2 Å². The smallest absolute Gasteiger partial charge is 0.468 e. The van der Waals surface area contributed by atoms with Crippen molar-refractivity contribution in [2.24, 2.45) is 5.41 Å².